The minimum atomic E-state index is -0.300. The molecule has 0 N–H and O–H groups in total. The van der Waals surface area contributed by atoms with Gasteiger partial charge in [0, 0.05) is 6.42 Å². The molecule has 0 saturated heterocycles. The van der Waals surface area contributed by atoms with Crippen LogP contribution in [0.2, 0.25) is 0 Å². The van der Waals surface area contributed by atoms with E-state index in [1.165, 1.54) is 32.1 Å². The lowest BCUT2D eigenvalue weighted by Gasteiger charge is -2.55. The van der Waals surface area contributed by atoms with Gasteiger partial charge in [0.25, 0.3) is 0 Å². The Labute approximate surface area is 139 Å². The van der Waals surface area contributed by atoms with Gasteiger partial charge in [0.1, 0.15) is 0 Å². The van der Waals surface area contributed by atoms with Crippen LogP contribution in [0.3, 0.4) is 0 Å². The second-order valence-electron chi connectivity index (χ2n) is 9.29. The van der Waals surface area contributed by atoms with Crippen LogP contribution in [0, 0.1) is 35.0 Å². The largest absolute Gasteiger partial charge is 0.393 e. The average molecular weight is 318 g/mol. The molecule has 5 rings (SSSR count). The van der Waals surface area contributed by atoms with E-state index in [0.29, 0.717) is 30.1 Å². The smallest absolute Gasteiger partial charge is 0.319 e. The molecular weight excluding hydrogens is 288 g/mol. The number of carbonyl (C=O) groups is 2. The third-order valence-electron chi connectivity index (χ3n) is 7.27. The van der Waals surface area contributed by atoms with Crippen molar-refractivity contribution >= 4 is 11.9 Å². The first-order valence-electron chi connectivity index (χ1n) is 9.77. The van der Waals surface area contributed by atoms with Gasteiger partial charge in [0.05, 0.1) is 5.41 Å². The summed E-state index contributed by atoms with van der Waals surface area (Å²) in [5, 5.41) is 0. The number of carbonyl (C=O) groups excluding carboxylic acids is 2. The van der Waals surface area contributed by atoms with Crippen LogP contribution in [0.5, 0.6) is 0 Å². The number of rotatable bonds is 3. The fourth-order valence-electron chi connectivity index (χ4n) is 6.38. The van der Waals surface area contributed by atoms with Crippen LogP contribution >= 0.6 is 0 Å². The minimum absolute atomic E-state index is 0.175. The van der Waals surface area contributed by atoms with E-state index in [1.807, 2.05) is 0 Å². The van der Waals surface area contributed by atoms with E-state index in [2.05, 4.69) is 6.92 Å². The zero-order valence-corrected chi connectivity index (χ0v) is 14.4. The van der Waals surface area contributed by atoms with E-state index in [4.69, 9.17) is 4.74 Å². The van der Waals surface area contributed by atoms with Crippen molar-refractivity contribution in [3.05, 3.63) is 0 Å². The van der Waals surface area contributed by atoms with Crippen molar-refractivity contribution in [2.45, 2.75) is 77.6 Å². The van der Waals surface area contributed by atoms with Gasteiger partial charge in [-0.3, -0.25) is 9.59 Å². The van der Waals surface area contributed by atoms with Gasteiger partial charge in [-0.05, 0) is 81.0 Å². The molecule has 4 bridgehead atoms. The Hall–Kier alpha value is -0.860. The first-order valence-corrected chi connectivity index (χ1v) is 9.77. The number of esters is 2. The summed E-state index contributed by atoms with van der Waals surface area (Å²) in [6.07, 6.45) is 11.9. The molecule has 0 aromatic rings. The van der Waals surface area contributed by atoms with Crippen molar-refractivity contribution in [2.24, 2.45) is 35.0 Å². The molecule has 0 aromatic carbocycles. The Kier molecular flexibility index (Phi) is 4.01. The summed E-state index contributed by atoms with van der Waals surface area (Å²) >= 11 is 0. The van der Waals surface area contributed by atoms with Crippen molar-refractivity contribution in [1.29, 1.82) is 0 Å². The number of ether oxygens (including phenoxy) is 1. The predicted octanol–water partition coefficient (Wildman–Crippen LogP) is 4.49. The van der Waals surface area contributed by atoms with E-state index < -0.39 is 0 Å². The molecule has 23 heavy (non-hydrogen) atoms. The maximum atomic E-state index is 12.8. The first kappa shape index (κ1) is 15.7. The molecule has 0 spiro atoms. The van der Waals surface area contributed by atoms with Crippen LogP contribution in [-0.4, -0.2) is 11.9 Å². The summed E-state index contributed by atoms with van der Waals surface area (Å²) in [4.78, 5) is 25.0. The molecule has 3 heteroatoms. The Balaban J connectivity index is 1.34. The normalized spacial score (nSPS) is 45.0. The molecule has 5 saturated carbocycles. The molecular formula is C20H30O3. The molecule has 0 aromatic heterocycles. The Morgan fingerprint density at radius 1 is 0.913 bits per heavy atom. The molecule has 0 atom stereocenters. The zero-order chi connectivity index (χ0) is 16.0. The van der Waals surface area contributed by atoms with E-state index in [1.54, 1.807) is 0 Å². The fraction of sp³-hybridized carbons (Fsp3) is 0.900. The fourth-order valence-corrected chi connectivity index (χ4v) is 6.38. The lowest BCUT2D eigenvalue weighted by Crippen LogP contribution is -2.51. The topological polar surface area (TPSA) is 43.4 Å². The van der Waals surface area contributed by atoms with E-state index in [-0.39, 0.29) is 17.4 Å². The number of hydrogen-bond acceptors (Lipinski definition) is 3. The number of hydrogen-bond donors (Lipinski definition) is 0. The van der Waals surface area contributed by atoms with Crippen molar-refractivity contribution < 1.29 is 14.3 Å². The Morgan fingerprint density at radius 2 is 1.43 bits per heavy atom. The van der Waals surface area contributed by atoms with Gasteiger partial charge in [-0.25, -0.2) is 0 Å². The van der Waals surface area contributed by atoms with E-state index in [0.717, 1.165) is 38.0 Å². The molecule has 5 aliphatic rings. The third-order valence-corrected chi connectivity index (χ3v) is 7.27. The lowest BCUT2D eigenvalue weighted by molar-refractivity contribution is -0.179. The summed E-state index contributed by atoms with van der Waals surface area (Å²) < 4.78 is 5.39. The quantitative estimate of drug-likeness (QED) is 0.569. The molecule has 0 heterocycles. The monoisotopic (exact) mass is 318 g/mol. The van der Waals surface area contributed by atoms with Crippen molar-refractivity contribution in [3.63, 3.8) is 0 Å². The maximum Gasteiger partial charge on any atom is 0.319 e. The average Bonchev–Trinajstić information content (AvgIpc) is 2.48. The highest BCUT2D eigenvalue weighted by atomic mass is 16.6. The molecule has 5 aliphatic carbocycles. The van der Waals surface area contributed by atoms with Crippen LogP contribution in [0.25, 0.3) is 0 Å². The van der Waals surface area contributed by atoms with Gasteiger partial charge in [0.15, 0.2) is 0 Å². The predicted molar refractivity (Wildman–Crippen MR) is 87.4 cm³/mol. The molecule has 0 amide bonds. The van der Waals surface area contributed by atoms with Gasteiger partial charge in [-0.1, -0.05) is 19.8 Å². The molecule has 3 nitrogen and oxygen atoms in total. The van der Waals surface area contributed by atoms with Crippen LogP contribution in [0.15, 0.2) is 0 Å². The summed E-state index contributed by atoms with van der Waals surface area (Å²) in [7, 11) is 0. The van der Waals surface area contributed by atoms with Gasteiger partial charge in [-0.15, -0.1) is 0 Å². The van der Waals surface area contributed by atoms with Gasteiger partial charge >= 0.3 is 11.9 Å². The molecule has 128 valence electrons. The van der Waals surface area contributed by atoms with E-state index in [9.17, 15) is 9.59 Å². The molecule has 0 unspecified atom stereocenters. The van der Waals surface area contributed by atoms with Crippen LogP contribution in [0.1, 0.15) is 77.6 Å². The zero-order valence-electron chi connectivity index (χ0n) is 14.4. The Bertz CT molecular complexity index is 452. The summed E-state index contributed by atoms with van der Waals surface area (Å²) in [6.45, 7) is 2.28. The van der Waals surface area contributed by atoms with Crippen LogP contribution in [0.4, 0.5) is 0 Å². The summed E-state index contributed by atoms with van der Waals surface area (Å²) in [5.74, 6) is 2.92. The van der Waals surface area contributed by atoms with E-state index >= 15 is 0 Å². The molecule has 0 radical (unpaired) electrons. The standard InChI is InChI=1S/C20H30O3/c1-13-2-4-14(5-3-13)9-18(21)23-19(22)20-10-15-6-16(11-20)8-17(7-15)12-20/h13-17H,2-12H2,1H3. The van der Waals surface area contributed by atoms with Gasteiger partial charge in [-0.2, -0.15) is 0 Å². The third kappa shape index (κ3) is 3.08. The summed E-state index contributed by atoms with van der Waals surface area (Å²) in [5.41, 5.74) is -0.300. The molecule has 5 fully saturated rings. The highest BCUT2D eigenvalue weighted by Crippen LogP contribution is 2.60. The minimum Gasteiger partial charge on any atom is -0.393 e. The second-order valence-corrected chi connectivity index (χ2v) is 9.29. The SMILES string of the molecule is CC1CCC(CC(=O)OC(=O)C23CC4CC(CC(C4)C2)C3)CC1. The summed E-state index contributed by atoms with van der Waals surface area (Å²) in [6, 6.07) is 0. The van der Waals surface area contributed by atoms with Gasteiger partial charge in [0.2, 0.25) is 0 Å². The second kappa shape index (κ2) is 5.89. The Morgan fingerprint density at radius 3 is 1.96 bits per heavy atom. The van der Waals surface area contributed by atoms with Gasteiger partial charge < -0.3 is 4.74 Å². The molecule has 0 aliphatic heterocycles. The van der Waals surface area contributed by atoms with Crippen molar-refractivity contribution in [1.82, 2.24) is 0 Å². The highest BCUT2D eigenvalue weighted by Gasteiger charge is 2.55. The van der Waals surface area contributed by atoms with Crippen LogP contribution in [-0.2, 0) is 14.3 Å². The lowest BCUT2D eigenvalue weighted by atomic mass is 9.49. The van der Waals surface area contributed by atoms with Crippen molar-refractivity contribution in [2.75, 3.05) is 0 Å². The first-order chi connectivity index (χ1) is 11.0. The van der Waals surface area contributed by atoms with Crippen LogP contribution < -0.4 is 0 Å². The maximum absolute atomic E-state index is 12.8. The highest BCUT2D eigenvalue weighted by molar-refractivity contribution is 5.89. The van der Waals surface area contributed by atoms with Crippen molar-refractivity contribution in [3.8, 4) is 0 Å².